The van der Waals surface area contributed by atoms with Crippen LogP contribution in [0.5, 0.6) is 0 Å². The summed E-state index contributed by atoms with van der Waals surface area (Å²) >= 11 is 0.841. The highest BCUT2D eigenvalue weighted by molar-refractivity contribution is 7.16. The number of rotatable bonds is 6. The molecule has 21 heavy (non-hydrogen) atoms. The van der Waals surface area contributed by atoms with E-state index in [1.54, 1.807) is 6.92 Å². The minimum atomic E-state index is -0.412. The number of aryl methyl sites for hydroxylation is 1. The SMILES string of the molecule is CCOC(=O)CCCCn1c(=O)sc2c(=O)[nH]c(N)nc21. The van der Waals surface area contributed by atoms with Crippen molar-refractivity contribution in [1.29, 1.82) is 0 Å². The Bertz CT molecular complexity index is 761. The normalized spacial score (nSPS) is 10.9. The van der Waals surface area contributed by atoms with E-state index in [-0.39, 0.29) is 21.5 Å². The molecule has 0 amide bonds. The standard InChI is InChI=1S/C12H16N4O4S/c1-2-20-7(17)5-3-4-6-16-9-8(21-12(16)19)10(18)15-11(13)14-9/h2-6H2,1H3,(H3,13,14,15,18). The molecular weight excluding hydrogens is 296 g/mol. The molecule has 0 spiro atoms. The number of unbranched alkanes of at least 4 members (excludes halogenated alkanes) is 1. The molecule has 0 aliphatic heterocycles. The molecule has 2 heterocycles. The number of hydrogen-bond acceptors (Lipinski definition) is 7. The highest BCUT2D eigenvalue weighted by atomic mass is 32.1. The lowest BCUT2D eigenvalue weighted by molar-refractivity contribution is -0.143. The van der Waals surface area contributed by atoms with Gasteiger partial charge in [-0.25, -0.2) is 0 Å². The largest absolute Gasteiger partial charge is 0.466 e. The Kier molecular flexibility index (Phi) is 4.73. The second-order valence-corrected chi connectivity index (χ2v) is 5.35. The van der Waals surface area contributed by atoms with Gasteiger partial charge in [-0.2, -0.15) is 4.98 Å². The maximum atomic E-state index is 11.9. The summed E-state index contributed by atoms with van der Waals surface area (Å²) in [6.45, 7) is 2.50. The molecule has 9 heteroatoms. The summed E-state index contributed by atoms with van der Waals surface area (Å²) in [6, 6.07) is 0. The first-order chi connectivity index (χ1) is 10.0. The zero-order chi connectivity index (χ0) is 15.4. The molecule has 2 aromatic heterocycles. The number of anilines is 1. The van der Waals surface area contributed by atoms with Crippen molar-refractivity contribution >= 4 is 33.6 Å². The van der Waals surface area contributed by atoms with Crippen LogP contribution in [0.1, 0.15) is 26.2 Å². The van der Waals surface area contributed by atoms with Gasteiger partial charge in [-0.05, 0) is 19.8 Å². The van der Waals surface area contributed by atoms with E-state index in [2.05, 4.69) is 9.97 Å². The van der Waals surface area contributed by atoms with Gasteiger partial charge in [0.2, 0.25) is 5.95 Å². The Morgan fingerprint density at radius 3 is 2.90 bits per heavy atom. The van der Waals surface area contributed by atoms with Crippen molar-refractivity contribution in [1.82, 2.24) is 14.5 Å². The molecule has 0 bridgehead atoms. The summed E-state index contributed by atoms with van der Waals surface area (Å²) in [4.78, 5) is 40.9. The van der Waals surface area contributed by atoms with Crippen LogP contribution in [-0.4, -0.2) is 27.1 Å². The van der Waals surface area contributed by atoms with Gasteiger partial charge in [0.25, 0.3) is 5.56 Å². The van der Waals surface area contributed by atoms with E-state index in [1.807, 2.05) is 0 Å². The molecule has 0 radical (unpaired) electrons. The molecule has 0 saturated heterocycles. The molecule has 2 rings (SSSR count). The third kappa shape index (κ3) is 3.48. The molecule has 0 aliphatic rings. The minimum absolute atomic E-state index is 0.0226. The van der Waals surface area contributed by atoms with Crippen LogP contribution in [0, 0.1) is 0 Å². The Labute approximate surface area is 123 Å². The third-order valence-corrected chi connectivity index (χ3v) is 3.83. The van der Waals surface area contributed by atoms with Crippen molar-refractivity contribution in [3.63, 3.8) is 0 Å². The van der Waals surface area contributed by atoms with Gasteiger partial charge in [-0.3, -0.25) is 23.9 Å². The molecule has 0 atom stereocenters. The number of nitrogens with one attached hydrogen (secondary N) is 1. The van der Waals surface area contributed by atoms with E-state index in [1.165, 1.54) is 4.57 Å². The van der Waals surface area contributed by atoms with E-state index in [0.29, 0.717) is 38.1 Å². The number of hydrogen-bond donors (Lipinski definition) is 2. The number of fused-ring (bicyclic) bond motifs is 1. The zero-order valence-corrected chi connectivity index (χ0v) is 12.4. The van der Waals surface area contributed by atoms with Crippen LogP contribution in [0.2, 0.25) is 0 Å². The van der Waals surface area contributed by atoms with E-state index in [4.69, 9.17) is 10.5 Å². The number of carbonyl (C=O) groups is 1. The molecule has 8 nitrogen and oxygen atoms in total. The van der Waals surface area contributed by atoms with Crippen LogP contribution >= 0.6 is 11.3 Å². The van der Waals surface area contributed by atoms with Gasteiger partial charge in [-0.1, -0.05) is 11.3 Å². The van der Waals surface area contributed by atoms with Crippen LogP contribution in [0.25, 0.3) is 10.3 Å². The third-order valence-electron chi connectivity index (χ3n) is 2.86. The molecule has 2 aromatic rings. The van der Waals surface area contributed by atoms with Crippen LogP contribution in [0.4, 0.5) is 5.95 Å². The number of ether oxygens (including phenoxy) is 1. The Balaban J connectivity index is 2.09. The quantitative estimate of drug-likeness (QED) is 0.590. The van der Waals surface area contributed by atoms with E-state index < -0.39 is 5.56 Å². The highest BCUT2D eigenvalue weighted by Gasteiger charge is 2.13. The molecule has 0 aliphatic carbocycles. The van der Waals surface area contributed by atoms with Gasteiger partial charge < -0.3 is 10.5 Å². The lowest BCUT2D eigenvalue weighted by atomic mass is 10.2. The van der Waals surface area contributed by atoms with E-state index in [0.717, 1.165) is 11.3 Å². The number of esters is 1. The molecular formula is C12H16N4O4S. The Morgan fingerprint density at radius 1 is 1.43 bits per heavy atom. The second-order valence-electron chi connectivity index (χ2n) is 4.39. The van der Waals surface area contributed by atoms with Crippen molar-refractivity contribution in [2.24, 2.45) is 0 Å². The summed E-state index contributed by atoms with van der Waals surface area (Å²) in [5.41, 5.74) is 5.37. The van der Waals surface area contributed by atoms with Crippen LogP contribution in [0.15, 0.2) is 9.59 Å². The van der Waals surface area contributed by atoms with Crippen molar-refractivity contribution in [3.05, 3.63) is 20.0 Å². The fraction of sp³-hybridized carbons (Fsp3) is 0.500. The average Bonchev–Trinajstić information content (AvgIpc) is 2.72. The van der Waals surface area contributed by atoms with Crippen molar-refractivity contribution in [3.8, 4) is 0 Å². The number of aromatic amines is 1. The smallest absolute Gasteiger partial charge is 0.309 e. The Hall–Kier alpha value is -2.16. The maximum Gasteiger partial charge on any atom is 0.309 e. The predicted molar refractivity (Wildman–Crippen MR) is 79.4 cm³/mol. The van der Waals surface area contributed by atoms with Crippen LogP contribution < -0.4 is 16.2 Å². The number of nitrogens with two attached hydrogens (primary N) is 1. The van der Waals surface area contributed by atoms with Gasteiger partial charge in [0, 0.05) is 13.0 Å². The highest BCUT2D eigenvalue weighted by Crippen LogP contribution is 2.12. The van der Waals surface area contributed by atoms with Gasteiger partial charge >= 0.3 is 10.8 Å². The molecule has 0 fully saturated rings. The van der Waals surface area contributed by atoms with E-state index >= 15 is 0 Å². The minimum Gasteiger partial charge on any atom is -0.466 e. The number of carbonyl (C=O) groups excluding carboxylic acids is 1. The first-order valence-electron chi connectivity index (χ1n) is 6.57. The summed E-state index contributed by atoms with van der Waals surface area (Å²) in [5, 5.41) is 0. The molecule has 0 aromatic carbocycles. The van der Waals surface area contributed by atoms with Crippen molar-refractivity contribution in [2.75, 3.05) is 12.3 Å². The summed E-state index contributed by atoms with van der Waals surface area (Å²) in [7, 11) is 0. The fourth-order valence-electron chi connectivity index (χ4n) is 1.94. The van der Waals surface area contributed by atoms with Gasteiger partial charge in [-0.15, -0.1) is 0 Å². The molecule has 0 saturated carbocycles. The summed E-state index contributed by atoms with van der Waals surface area (Å²) < 4.78 is 6.50. The molecule has 3 N–H and O–H groups in total. The lowest BCUT2D eigenvalue weighted by Crippen LogP contribution is -2.16. The van der Waals surface area contributed by atoms with Crippen LogP contribution in [-0.2, 0) is 16.1 Å². The topological polar surface area (TPSA) is 120 Å². The number of thiazole rings is 1. The number of H-pyrrole nitrogens is 1. The second kappa shape index (κ2) is 6.53. The molecule has 114 valence electrons. The monoisotopic (exact) mass is 312 g/mol. The first-order valence-corrected chi connectivity index (χ1v) is 7.39. The Morgan fingerprint density at radius 2 is 2.19 bits per heavy atom. The predicted octanol–water partition coefficient (Wildman–Crippen LogP) is 0.462. The van der Waals surface area contributed by atoms with Gasteiger partial charge in [0.05, 0.1) is 6.61 Å². The van der Waals surface area contributed by atoms with Crippen molar-refractivity contribution < 1.29 is 9.53 Å². The maximum absolute atomic E-state index is 11.9. The lowest BCUT2D eigenvalue weighted by Gasteiger charge is -2.04. The average molecular weight is 312 g/mol. The summed E-state index contributed by atoms with van der Waals surface area (Å²) in [5.74, 6) is -0.274. The summed E-state index contributed by atoms with van der Waals surface area (Å²) in [6.07, 6.45) is 1.51. The van der Waals surface area contributed by atoms with Gasteiger partial charge in [0.15, 0.2) is 5.65 Å². The molecule has 0 unspecified atom stereocenters. The van der Waals surface area contributed by atoms with Crippen molar-refractivity contribution in [2.45, 2.75) is 32.7 Å². The van der Waals surface area contributed by atoms with Gasteiger partial charge in [0.1, 0.15) is 4.70 Å². The number of nitrogens with zero attached hydrogens (tertiary/aromatic N) is 2. The zero-order valence-electron chi connectivity index (χ0n) is 11.5. The fourth-order valence-corrected chi connectivity index (χ4v) is 2.79. The van der Waals surface area contributed by atoms with Crippen LogP contribution in [0.3, 0.4) is 0 Å². The number of nitrogen functional groups attached to an aromatic ring is 1. The van der Waals surface area contributed by atoms with E-state index in [9.17, 15) is 14.4 Å². The first kappa shape index (κ1) is 15.2. The number of aromatic nitrogens is 3.